The maximum absolute atomic E-state index is 12.9. The summed E-state index contributed by atoms with van der Waals surface area (Å²) in [5, 5.41) is 0. The smallest absolute Gasteiger partial charge is 0.236 e. The van der Waals surface area contributed by atoms with Gasteiger partial charge in [-0.05, 0) is 31.7 Å². The third-order valence-electron chi connectivity index (χ3n) is 5.48. The molecule has 0 aromatic heterocycles. The maximum atomic E-state index is 12.9. The lowest BCUT2D eigenvalue weighted by Gasteiger charge is -2.27. The molecule has 0 saturated carbocycles. The number of ether oxygens (including phenoxy) is 1. The Morgan fingerprint density at radius 2 is 1.64 bits per heavy atom. The number of fused-ring (bicyclic) bond motifs is 5. The second-order valence-electron chi connectivity index (χ2n) is 6.72. The Labute approximate surface area is 130 Å². The van der Waals surface area contributed by atoms with Gasteiger partial charge in [-0.1, -0.05) is 36.8 Å². The molecule has 1 aromatic carbocycles. The lowest BCUT2D eigenvalue weighted by atomic mass is 9.81. The molecule has 4 heteroatoms. The molecular weight excluding hydrogens is 278 g/mol. The Morgan fingerprint density at radius 3 is 2.14 bits per heavy atom. The summed E-state index contributed by atoms with van der Waals surface area (Å²) in [5.41, 5.74) is 2.23. The molecule has 3 saturated heterocycles. The standard InChI is InChI=1S/C18H21NO3/c1-3-12(11-6-4-10(2)5-7-11)19-17(20)15-13-8-9-14(22-13)16(15)18(19)21/h4-7,12-16H,3,8-9H2,1-2H3/t12-,13-,14-,15-,16+/m1/s1. The number of benzene rings is 1. The zero-order valence-corrected chi connectivity index (χ0v) is 13.0. The molecule has 0 radical (unpaired) electrons. The quantitative estimate of drug-likeness (QED) is 0.806. The first-order chi connectivity index (χ1) is 10.6. The van der Waals surface area contributed by atoms with Crippen LogP contribution in [0.2, 0.25) is 0 Å². The molecule has 2 amide bonds. The van der Waals surface area contributed by atoms with E-state index in [1.54, 1.807) is 0 Å². The zero-order valence-electron chi connectivity index (χ0n) is 13.0. The van der Waals surface area contributed by atoms with E-state index in [-0.39, 0.29) is 41.9 Å². The summed E-state index contributed by atoms with van der Waals surface area (Å²) in [5.74, 6) is -0.499. The van der Waals surface area contributed by atoms with Crippen molar-refractivity contribution in [2.45, 2.75) is 51.4 Å². The summed E-state index contributed by atoms with van der Waals surface area (Å²) < 4.78 is 5.79. The van der Waals surface area contributed by atoms with Gasteiger partial charge in [0, 0.05) is 0 Å². The minimum Gasteiger partial charge on any atom is -0.373 e. The van der Waals surface area contributed by atoms with Crippen LogP contribution >= 0.6 is 0 Å². The van der Waals surface area contributed by atoms with Gasteiger partial charge >= 0.3 is 0 Å². The molecule has 4 nitrogen and oxygen atoms in total. The summed E-state index contributed by atoms with van der Waals surface area (Å²) in [7, 11) is 0. The van der Waals surface area contributed by atoms with Gasteiger partial charge in [-0.2, -0.15) is 0 Å². The van der Waals surface area contributed by atoms with Gasteiger partial charge in [0.25, 0.3) is 0 Å². The van der Waals surface area contributed by atoms with Crippen LogP contribution in [0.4, 0.5) is 0 Å². The molecule has 3 aliphatic rings. The molecular formula is C18H21NO3. The number of likely N-dealkylation sites (tertiary alicyclic amines) is 1. The van der Waals surface area contributed by atoms with E-state index < -0.39 is 0 Å². The molecule has 22 heavy (non-hydrogen) atoms. The van der Waals surface area contributed by atoms with E-state index in [9.17, 15) is 9.59 Å². The number of aryl methyl sites for hydroxylation is 1. The van der Waals surface area contributed by atoms with Gasteiger partial charge in [-0.3, -0.25) is 14.5 Å². The van der Waals surface area contributed by atoms with Gasteiger partial charge in [0.2, 0.25) is 11.8 Å². The summed E-state index contributed by atoms with van der Waals surface area (Å²) in [6, 6.07) is 7.99. The van der Waals surface area contributed by atoms with Crippen molar-refractivity contribution in [3.05, 3.63) is 35.4 Å². The summed E-state index contributed by atoms with van der Waals surface area (Å²) in [4.78, 5) is 27.2. The predicted molar refractivity (Wildman–Crippen MR) is 80.9 cm³/mol. The molecule has 0 unspecified atom stereocenters. The highest BCUT2D eigenvalue weighted by Crippen LogP contribution is 2.50. The van der Waals surface area contributed by atoms with Gasteiger partial charge in [-0.25, -0.2) is 0 Å². The highest BCUT2D eigenvalue weighted by Gasteiger charge is 2.63. The molecule has 5 atom stereocenters. The van der Waals surface area contributed by atoms with Gasteiger partial charge in [0.1, 0.15) is 0 Å². The maximum Gasteiger partial charge on any atom is 0.236 e. The number of imide groups is 1. The fourth-order valence-corrected chi connectivity index (χ4v) is 4.40. The van der Waals surface area contributed by atoms with Crippen LogP contribution in [0.3, 0.4) is 0 Å². The van der Waals surface area contributed by atoms with Crippen LogP contribution in [0.25, 0.3) is 0 Å². The Hall–Kier alpha value is -1.68. The average molecular weight is 299 g/mol. The van der Waals surface area contributed by atoms with E-state index in [0.717, 1.165) is 24.8 Å². The third kappa shape index (κ3) is 1.80. The molecule has 0 spiro atoms. The lowest BCUT2D eigenvalue weighted by molar-refractivity contribution is -0.145. The van der Waals surface area contributed by atoms with Crippen LogP contribution in [0.15, 0.2) is 24.3 Å². The minimum atomic E-state index is -0.231. The van der Waals surface area contributed by atoms with E-state index in [1.807, 2.05) is 38.1 Å². The van der Waals surface area contributed by atoms with Crippen LogP contribution in [-0.4, -0.2) is 28.9 Å². The topological polar surface area (TPSA) is 46.6 Å². The van der Waals surface area contributed by atoms with Crippen molar-refractivity contribution in [1.82, 2.24) is 4.90 Å². The number of amides is 2. The Morgan fingerprint density at radius 1 is 1.09 bits per heavy atom. The molecule has 0 N–H and O–H groups in total. The Bertz CT molecular complexity index is 596. The third-order valence-corrected chi connectivity index (χ3v) is 5.48. The molecule has 116 valence electrons. The Balaban J connectivity index is 1.68. The van der Waals surface area contributed by atoms with Crippen molar-refractivity contribution in [1.29, 1.82) is 0 Å². The van der Waals surface area contributed by atoms with Crippen LogP contribution in [-0.2, 0) is 14.3 Å². The van der Waals surface area contributed by atoms with E-state index in [2.05, 4.69) is 0 Å². The fourth-order valence-electron chi connectivity index (χ4n) is 4.40. The first-order valence-corrected chi connectivity index (χ1v) is 8.20. The van der Waals surface area contributed by atoms with Crippen molar-refractivity contribution >= 4 is 11.8 Å². The lowest BCUT2D eigenvalue weighted by Crippen LogP contribution is -2.37. The van der Waals surface area contributed by atoms with Crippen LogP contribution in [0, 0.1) is 18.8 Å². The van der Waals surface area contributed by atoms with Crippen LogP contribution in [0.1, 0.15) is 43.4 Å². The monoisotopic (exact) mass is 299 g/mol. The SMILES string of the molecule is CC[C@H](c1ccc(C)cc1)N1C(=O)[C@@H]2[C@H](C1=O)[C@H]1CC[C@H]2O1. The van der Waals surface area contributed by atoms with E-state index >= 15 is 0 Å². The van der Waals surface area contributed by atoms with Gasteiger partial charge in [0.15, 0.2) is 0 Å². The van der Waals surface area contributed by atoms with Gasteiger partial charge in [0.05, 0.1) is 30.1 Å². The largest absolute Gasteiger partial charge is 0.373 e. The molecule has 1 aromatic rings. The molecule has 2 bridgehead atoms. The first kappa shape index (κ1) is 13.9. The number of hydrogen-bond acceptors (Lipinski definition) is 3. The second-order valence-corrected chi connectivity index (χ2v) is 6.72. The van der Waals surface area contributed by atoms with Gasteiger partial charge < -0.3 is 4.74 Å². The van der Waals surface area contributed by atoms with E-state index in [0.29, 0.717) is 0 Å². The number of nitrogens with zero attached hydrogens (tertiary/aromatic N) is 1. The van der Waals surface area contributed by atoms with Crippen molar-refractivity contribution in [3.8, 4) is 0 Å². The predicted octanol–water partition coefficient (Wildman–Crippen LogP) is 2.61. The normalized spacial score (nSPS) is 34.4. The van der Waals surface area contributed by atoms with Crippen molar-refractivity contribution in [2.24, 2.45) is 11.8 Å². The zero-order chi connectivity index (χ0) is 15.4. The number of rotatable bonds is 3. The van der Waals surface area contributed by atoms with Crippen LogP contribution in [0.5, 0.6) is 0 Å². The second kappa shape index (κ2) is 4.92. The first-order valence-electron chi connectivity index (χ1n) is 8.20. The summed E-state index contributed by atoms with van der Waals surface area (Å²) >= 11 is 0. The number of carbonyl (C=O) groups is 2. The molecule has 4 rings (SSSR count). The summed E-state index contributed by atoms with van der Waals surface area (Å²) in [6.07, 6.45) is 2.51. The summed E-state index contributed by atoms with van der Waals surface area (Å²) in [6.45, 7) is 4.07. The number of carbonyl (C=O) groups excluding carboxylic acids is 2. The number of hydrogen-bond donors (Lipinski definition) is 0. The van der Waals surface area contributed by atoms with Gasteiger partial charge in [-0.15, -0.1) is 0 Å². The average Bonchev–Trinajstić information content (AvgIpc) is 3.18. The van der Waals surface area contributed by atoms with Crippen molar-refractivity contribution < 1.29 is 14.3 Å². The van der Waals surface area contributed by atoms with E-state index in [4.69, 9.17) is 4.74 Å². The highest BCUT2D eigenvalue weighted by atomic mass is 16.5. The highest BCUT2D eigenvalue weighted by molar-refractivity contribution is 6.06. The molecule has 3 heterocycles. The van der Waals surface area contributed by atoms with Crippen molar-refractivity contribution in [3.63, 3.8) is 0 Å². The fraction of sp³-hybridized carbons (Fsp3) is 0.556. The molecule has 3 fully saturated rings. The minimum absolute atomic E-state index is 0.0189. The van der Waals surface area contributed by atoms with E-state index in [1.165, 1.54) is 10.5 Å². The van der Waals surface area contributed by atoms with Crippen molar-refractivity contribution in [2.75, 3.05) is 0 Å². The molecule has 3 aliphatic heterocycles. The molecule has 0 aliphatic carbocycles. The Kier molecular flexibility index (Phi) is 3.12. The van der Waals surface area contributed by atoms with Crippen LogP contribution < -0.4 is 0 Å².